The molecule has 0 saturated heterocycles. The molecule has 0 saturated carbocycles. The highest BCUT2D eigenvalue weighted by atomic mass is 32.2. The molecule has 0 atom stereocenters. The summed E-state index contributed by atoms with van der Waals surface area (Å²) < 4.78 is 29.1. The molecule has 0 aliphatic carbocycles. The molecular formula is C24H20N4O4S. The molecule has 4 rings (SSSR count). The molecule has 33 heavy (non-hydrogen) atoms. The molecule has 0 amide bonds. The zero-order valence-corrected chi connectivity index (χ0v) is 18.4. The van der Waals surface area contributed by atoms with Gasteiger partial charge in [0.1, 0.15) is 22.5 Å². The van der Waals surface area contributed by atoms with Crippen molar-refractivity contribution in [3.05, 3.63) is 90.1 Å². The molecule has 1 heterocycles. The molecule has 0 aliphatic rings. The second-order valence-electron chi connectivity index (χ2n) is 7.34. The summed E-state index contributed by atoms with van der Waals surface area (Å²) in [5, 5.41) is 34.6. The van der Waals surface area contributed by atoms with Gasteiger partial charge in [-0.1, -0.05) is 42.5 Å². The van der Waals surface area contributed by atoms with E-state index >= 15 is 0 Å². The van der Waals surface area contributed by atoms with Gasteiger partial charge in [0.2, 0.25) is 10.0 Å². The van der Waals surface area contributed by atoms with Crippen LogP contribution < -0.4 is 0 Å². The summed E-state index contributed by atoms with van der Waals surface area (Å²) in [6.45, 7) is 0.103. The van der Waals surface area contributed by atoms with Gasteiger partial charge in [-0.2, -0.15) is 14.7 Å². The van der Waals surface area contributed by atoms with Crippen molar-refractivity contribution in [1.29, 1.82) is 5.26 Å². The Labute approximate surface area is 191 Å². The molecule has 2 N–H and O–H groups in total. The normalized spacial score (nSPS) is 11.4. The molecule has 166 valence electrons. The van der Waals surface area contributed by atoms with E-state index in [0.717, 1.165) is 15.9 Å². The number of hydrogen-bond acceptors (Lipinski definition) is 6. The van der Waals surface area contributed by atoms with Crippen molar-refractivity contribution in [2.24, 2.45) is 0 Å². The monoisotopic (exact) mass is 460 g/mol. The number of aromatic nitrogens is 2. The molecule has 8 nitrogen and oxygen atoms in total. The fourth-order valence-corrected chi connectivity index (χ4v) is 4.76. The van der Waals surface area contributed by atoms with Crippen molar-refractivity contribution in [2.75, 3.05) is 7.05 Å². The molecule has 9 heteroatoms. The quantitative estimate of drug-likeness (QED) is 0.453. The lowest BCUT2D eigenvalue weighted by Gasteiger charge is -2.19. The zero-order chi connectivity index (χ0) is 23.6. The largest absolute Gasteiger partial charge is 0.507 e. The van der Waals surface area contributed by atoms with Crippen molar-refractivity contribution in [3.8, 4) is 34.5 Å². The number of aromatic hydroxyl groups is 2. The van der Waals surface area contributed by atoms with Crippen LogP contribution in [0.15, 0.2) is 83.9 Å². The fraction of sp³-hybridized carbons (Fsp3) is 0.0833. The average Bonchev–Trinajstić information content (AvgIpc) is 3.29. The molecule has 0 spiro atoms. The van der Waals surface area contributed by atoms with Crippen LogP contribution in [0.25, 0.3) is 16.9 Å². The maximum atomic E-state index is 13.3. The van der Waals surface area contributed by atoms with Gasteiger partial charge in [-0.3, -0.25) is 0 Å². The van der Waals surface area contributed by atoms with E-state index in [1.165, 1.54) is 24.0 Å². The van der Waals surface area contributed by atoms with E-state index in [9.17, 15) is 23.9 Å². The Bertz CT molecular complexity index is 1460. The molecule has 0 fully saturated rings. The Kier molecular flexibility index (Phi) is 5.87. The maximum Gasteiger partial charge on any atom is 0.246 e. The van der Waals surface area contributed by atoms with Crippen LogP contribution in [0.4, 0.5) is 0 Å². The lowest BCUT2D eigenvalue weighted by Crippen LogP contribution is -2.26. The SMILES string of the molecule is CN(Cc1ccccc1)S(=O)(=O)c1cc(-c2ccnn2-c2ccccc2C#N)c(O)cc1O. The van der Waals surface area contributed by atoms with Crippen LogP contribution in [0.3, 0.4) is 0 Å². The Balaban J connectivity index is 1.80. The molecule has 1 aromatic heterocycles. The third kappa shape index (κ3) is 4.17. The number of hydrogen-bond donors (Lipinski definition) is 2. The lowest BCUT2D eigenvalue weighted by atomic mass is 10.1. The third-order valence-corrected chi connectivity index (χ3v) is 7.02. The number of benzene rings is 3. The van der Waals surface area contributed by atoms with E-state index in [0.29, 0.717) is 16.9 Å². The van der Waals surface area contributed by atoms with Crippen LogP contribution in [0, 0.1) is 11.3 Å². The summed E-state index contributed by atoms with van der Waals surface area (Å²) in [6.07, 6.45) is 1.48. The van der Waals surface area contributed by atoms with Gasteiger partial charge in [-0.05, 0) is 29.8 Å². The number of para-hydroxylation sites is 1. The first kappa shape index (κ1) is 22.1. The summed E-state index contributed by atoms with van der Waals surface area (Å²) in [7, 11) is -2.68. The predicted molar refractivity (Wildman–Crippen MR) is 122 cm³/mol. The van der Waals surface area contributed by atoms with Crippen LogP contribution in [0.2, 0.25) is 0 Å². The minimum Gasteiger partial charge on any atom is -0.507 e. The summed E-state index contributed by atoms with van der Waals surface area (Å²) in [4.78, 5) is -0.352. The van der Waals surface area contributed by atoms with Crippen LogP contribution in [-0.2, 0) is 16.6 Å². The highest BCUT2D eigenvalue weighted by molar-refractivity contribution is 7.89. The second-order valence-corrected chi connectivity index (χ2v) is 9.35. The molecular weight excluding hydrogens is 440 g/mol. The van der Waals surface area contributed by atoms with Crippen molar-refractivity contribution < 1.29 is 18.6 Å². The lowest BCUT2D eigenvalue weighted by molar-refractivity contribution is 0.430. The Morgan fingerprint density at radius 1 is 1.00 bits per heavy atom. The zero-order valence-electron chi connectivity index (χ0n) is 17.6. The number of nitriles is 1. The fourth-order valence-electron chi connectivity index (χ4n) is 3.51. The minimum atomic E-state index is -4.10. The smallest absolute Gasteiger partial charge is 0.246 e. The van der Waals surface area contributed by atoms with Gasteiger partial charge in [-0.15, -0.1) is 0 Å². The highest BCUT2D eigenvalue weighted by Crippen LogP contribution is 2.38. The van der Waals surface area contributed by atoms with Crippen molar-refractivity contribution >= 4 is 10.0 Å². The summed E-state index contributed by atoms with van der Waals surface area (Å²) in [6, 6.07) is 21.7. The van der Waals surface area contributed by atoms with Gasteiger partial charge in [-0.25, -0.2) is 13.1 Å². The topological polar surface area (TPSA) is 119 Å². The van der Waals surface area contributed by atoms with Gasteiger partial charge >= 0.3 is 0 Å². The Hall–Kier alpha value is -4.13. The molecule has 0 aliphatic heterocycles. The van der Waals surface area contributed by atoms with Crippen molar-refractivity contribution in [2.45, 2.75) is 11.4 Å². The molecule has 0 bridgehead atoms. The first-order valence-corrected chi connectivity index (χ1v) is 11.4. The number of phenols is 2. The Morgan fingerprint density at radius 2 is 1.70 bits per heavy atom. The summed E-state index contributed by atoms with van der Waals surface area (Å²) in [5.74, 6) is -0.895. The van der Waals surface area contributed by atoms with E-state index in [1.807, 2.05) is 18.2 Å². The Morgan fingerprint density at radius 3 is 2.42 bits per heavy atom. The minimum absolute atomic E-state index is 0.103. The predicted octanol–water partition coefficient (Wildman–Crippen LogP) is 3.64. The van der Waals surface area contributed by atoms with Crippen molar-refractivity contribution in [1.82, 2.24) is 14.1 Å². The first-order valence-electron chi connectivity index (χ1n) is 9.93. The van der Waals surface area contributed by atoms with E-state index in [1.54, 1.807) is 42.5 Å². The molecule has 4 aromatic rings. The van der Waals surface area contributed by atoms with Crippen LogP contribution in [-0.4, -0.2) is 39.8 Å². The van der Waals surface area contributed by atoms with Gasteiger partial charge in [0.15, 0.2) is 0 Å². The number of phenolic OH excluding ortho intramolecular Hbond substituents is 2. The summed E-state index contributed by atoms with van der Waals surface area (Å²) in [5.41, 5.74) is 2.12. The van der Waals surface area contributed by atoms with E-state index in [2.05, 4.69) is 11.2 Å². The van der Waals surface area contributed by atoms with Crippen molar-refractivity contribution in [3.63, 3.8) is 0 Å². The van der Waals surface area contributed by atoms with E-state index in [4.69, 9.17) is 0 Å². The third-order valence-electron chi connectivity index (χ3n) is 5.18. The van der Waals surface area contributed by atoms with Crippen LogP contribution in [0.5, 0.6) is 11.5 Å². The van der Waals surface area contributed by atoms with Gasteiger partial charge in [0.05, 0.1) is 23.1 Å². The number of sulfonamides is 1. The summed E-state index contributed by atoms with van der Waals surface area (Å²) >= 11 is 0. The molecule has 3 aromatic carbocycles. The standard InChI is InChI=1S/C24H20N4O4S/c1-27(16-17-7-3-2-4-8-17)33(31,32)24-13-19(22(29)14-23(24)30)21-11-12-26-28(21)20-10-6-5-9-18(20)15-25/h2-14,29-30H,16H2,1H3. The second kappa shape index (κ2) is 8.78. The molecule has 0 radical (unpaired) electrons. The van der Waals surface area contributed by atoms with Gasteiger partial charge < -0.3 is 10.2 Å². The van der Waals surface area contributed by atoms with Crippen LogP contribution in [0.1, 0.15) is 11.1 Å². The van der Waals surface area contributed by atoms with E-state index < -0.39 is 15.8 Å². The van der Waals surface area contributed by atoms with Gasteiger partial charge in [0, 0.05) is 25.2 Å². The maximum absolute atomic E-state index is 13.3. The first-order chi connectivity index (χ1) is 15.8. The average molecular weight is 461 g/mol. The van der Waals surface area contributed by atoms with Gasteiger partial charge in [0.25, 0.3) is 0 Å². The molecule has 0 unspecified atom stereocenters. The van der Waals surface area contributed by atoms with Crippen LogP contribution >= 0.6 is 0 Å². The highest BCUT2D eigenvalue weighted by Gasteiger charge is 2.27. The van der Waals surface area contributed by atoms with E-state index in [-0.39, 0.29) is 22.8 Å². The number of nitrogens with zero attached hydrogens (tertiary/aromatic N) is 4. The number of rotatable bonds is 6.